The fraction of sp³-hybridized carbons (Fsp3) is 0.556. The van der Waals surface area contributed by atoms with E-state index in [-0.39, 0.29) is 0 Å². The van der Waals surface area contributed by atoms with E-state index in [9.17, 15) is 4.79 Å². The summed E-state index contributed by atoms with van der Waals surface area (Å²) >= 11 is 0. The maximum atomic E-state index is 11.0. The SMILES string of the molecule is CCC/N=C\C(N)=C(/C)C(=O)OC. The lowest BCUT2D eigenvalue weighted by atomic mass is 10.2. The molecule has 0 saturated carbocycles. The van der Waals surface area contributed by atoms with Crippen molar-refractivity contribution >= 4 is 12.2 Å². The van der Waals surface area contributed by atoms with Crippen molar-refractivity contribution in [3.8, 4) is 0 Å². The third kappa shape index (κ3) is 4.30. The minimum Gasteiger partial charge on any atom is -0.466 e. The highest BCUT2D eigenvalue weighted by Crippen LogP contribution is 1.98. The van der Waals surface area contributed by atoms with Crippen molar-refractivity contribution in [2.24, 2.45) is 10.7 Å². The monoisotopic (exact) mass is 184 g/mol. The van der Waals surface area contributed by atoms with E-state index in [2.05, 4.69) is 9.73 Å². The van der Waals surface area contributed by atoms with Gasteiger partial charge in [0.1, 0.15) is 0 Å². The summed E-state index contributed by atoms with van der Waals surface area (Å²) in [6.45, 7) is 4.35. The summed E-state index contributed by atoms with van der Waals surface area (Å²) in [5.74, 6) is -0.416. The molecule has 0 heterocycles. The van der Waals surface area contributed by atoms with Gasteiger partial charge in [-0.25, -0.2) is 4.79 Å². The summed E-state index contributed by atoms with van der Waals surface area (Å²) in [6, 6.07) is 0. The molecule has 0 aromatic heterocycles. The van der Waals surface area contributed by atoms with Gasteiger partial charge in [-0.2, -0.15) is 0 Å². The number of allylic oxidation sites excluding steroid dienone is 1. The van der Waals surface area contributed by atoms with E-state index in [0.29, 0.717) is 11.3 Å². The maximum Gasteiger partial charge on any atom is 0.335 e. The first-order chi connectivity index (χ1) is 6.13. The molecule has 0 aromatic rings. The van der Waals surface area contributed by atoms with Crippen molar-refractivity contribution < 1.29 is 9.53 Å². The average Bonchev–Trinajstić information content (AvgIpc) is 2.15. The summed E-state index contributed by atoms with van der Waals surface area (Å²) < 4.78 is 4.50. The van der Waals surface area contributed by atoms with Crippen molar-refractivity contribution in [2.45, 2.75) is 20.3 Å². The minimum atomic E-state index is -0.416. The number of carbonyl (C=O) groups excluding carboxylic acids is 1. The van der Waals surface area contributed by atoms with Crippen LogP contribution in [0.25, 0.3) is 0 Å². The zero-order valence-corrected chi connectivity index (χ0v) is 8.33. The van der Waals surface area contributed by atoms with Gasteiger partial charge in [0.2, 0.25) is 0 Å². The number of ether oxygens (including phenoxy) is 1. The number of nitrogens with two attached hydrogens (primary N) is 1. The van der Waals surface area contributed by atoms with E-state index < -0.39 is 5.97 Å². The Morgan fingerprint density at radius 2 is 2.23 bits per heavy atom. The molecule has 0 amide bonds. The molecule has 4 heteroatoms. The second-order valence-corrected chi connectivity index (χ2v) is 2.61. The van der Waals surface area contributed by atoms with Gasteiger partial charge < -0.3 is 10.5 Å². The fourth-order valence-corrected chi connectivity index (χ4v) is 0.660. The van der Waals surface area contributed by atoms with Gasteiger partial charge in [0.25, 0.3) is 0 Å². The van der Waals surface area contributed by atoms with Crippen LogP contribution >= 0.6 is 0 Å². The van der Waals surface area contributed by atoms with Crippen LogP contribution in [0.1, 0.15) is 20.3 Å². The Labute approximate surface area is 78.5 Å². The Morgan fingerprint density at radius 1 is 1.62 bits per heavy atom. The van der Waals surface area contributed by atoms with Crippen LogP contribution in [-0.4, -0.2) is 25.8 Å². The molecule has 0 aliphatic carbocycles. The smallest absolute Gasteiger partial charge is 0.335 e. The van der Waals surface area contributed by atoms with Crippen LogP contribution < -0.4 is 5.73 Å². The van der Waals surface area contributed by atoms with Crippen LogP contribution in [0.5, 0.6) is 0 Å². The number of nitrogens with zero attached hydrogens (tertiary/aromatic N) is 1. The quantitative estimate of drug-likeness (QED) is 0.400. The Kier molecular flexibility index (Phi) is 5.59. The first-order valence-electron chi connectivity index (χ1n) is 4.18. The molecule has 4 nitrogen and oxygen atoms in total. The van der Waals surface area contributed by atoms with E-state index in [0.717, 1.165) is 13.0 Å². The van der Waals surface area contributed by atoms with Crippen LogP contribution in [0.15, 0.2) is 16.3 Å². The molecule has 74 valence electrons. The van der Waals surface area contributed by atoms with Gasteiger partial charge in [0, 0.05) is 12.8 Å². The summed E-state index contributed by atoms with van der Waals surface area (Å²) in [5.41, 5.74) is 6.32. The number of esters is 1. The lowest BCUT2D eigenvalue weighted by molar-refractivity contribution is -0.136. The Morgan fingerprint density at radius 3 is 2.69 bits per heavy atom. The van der Waals surface area contributed by atoms with Gasteiger partial charge in [0.15, 0.2) is 0 Å². The molecule has 0 fully saturated rings. The molecule has 0 aliphatic rings. The predicted octanol–water partition coefficient (Wildman–Crippen LogP) is 0.873. The van der Waals surface area contributed by atoms with E-state index in [4.69, 9.17) is 5.73 Å². The van der Waals surface area contributed by atoms with Crippen LogP contribution in [0.4, 0.5) is 0 Å². The summed E-state index contributed by atoms with van der Waals surface area (Å²) in [7, 11) is 1.32. The molecule has 0 unspecified atom stereocenters. The number of aliphatic imine (C=N–C) groups is 1. The number of methoxy groups -OCH3 is 1. The molecule has 0 saturated heterocycles. The lowest BCUT2D eigenvalue weighted by Crippen LogP contribution is -2.11. The Bertz CT molecular complexity index is 232. The topological polar surface area (TPSA) is 64.7 Å². The number of carbonyl (C=O) groups is 1. The second-order valence-electron chi connectivity index (χ2n) is 2.61. The van der Waals surface area contributed by atoms with Crippen molar-refractivity contribution in [3.63, 3.8) is 0 Å². The van der Waals surface area contributed by atoms with E-state index >= 15 is 0 Å². The number of hydrogen-bond acceptors (Lipinski definition) is 4. The third-order valence-corrected chi connectivity index (χ3v) is 1.51. The van der Waals surface area contributed by atoms with Crippen molar-refractivity contribution in [1.29, 1.82) is 0 Å². The molecule has 0 aliphatic heterocycles. The maximum absolute atomic E-state index is 11.0. The molecule has 0 radical (unpaired) electrons. The summed E-state index contributed by atoms with van der Waals surface area (Å²) in [4.78, 5) is 15.0. The third-order valence-electron chi connectivity index (χ3n) is 1.51. The van der Waals surface area contributed by atoms with E-state index in [1.54, 1.807) is 6.92 Å². The molecule has 13 heavy (non-hydrogen) atoms. The van der Waals surface area contributed by atoms with Crippen molar-refractivity contribution in [3.05, 3.63) is 11.3 Å². The molecule has 0 aromatic carbocycles. The Hall–Kier alpha value is -1.32. The van der Waals surface area contributed by atoms with Gasteiger partial charge in [-0.15, -0.1) is 0 Å². The zero-order chi connectivity index (χ0) is 10.3. The highest BCUT2D eigenvalue weighted by molar-refractivity contribution is 5.95. The highest BCUT2D eigenvalue weighted by Gasteiger charge is 2.05. The summed E-state index contributed by atoms with van der Waals surface area (Å²) in [5, 5.41) is 0. The largest absolute Gasteiger partial charge is 0.466 e. The van der Waals surface area contributed by atoms with Crippen LogP contribution in [0, 0.1) is 0 Å². The molecule has 2 N–H and O–H groups in total. The summed E-state index contributed by atoms with van der Waals surface area (Å²) in [6.07, 6.45) is 2.46. The number of rotatable bonds is 4. The molecule has 0 spiro atoms. The van der Waals surface area contributed by atoms with Gasteiger partial charge in [-0.05, 0) is 13.3 Å². The van der Waals surface area contributed by atoms with Crippen LogP contribution in [-0.2, 0) is 9.53 Å². The van der Waals surface area contributed by atoms with E-state index in [1.165, 1.54) is 13.3 Å². The minimum absolute atomic E-state index is 0.361. The van der Waals surface area contributed by atoms with Gasteiger partial charge in [-0.3, -0.25) is 4.99 Å². The normalized spacial score (nSPS) is 12.8. The van der Waals surface area contributed by atoms with Crippen LogP contribution in [0.2, 0.25) is 0 Å². The second kappa shape index (κ2) is 6.22. The van der Waals surface area contributed by atoms with Gasteiger partial charge in [0.05, 0.1) is 18.4 Å². The predicted molar refractivity (Wildman–Crippen MR) is 52.6 cm³/mol. The highest BCUT2D eigenvalue weighted by atomic mass is 16.5. The van der Waals surface area contributed by atoms with Crippen LogP contribution in [0.3, 0.4) is 0 Å². The first-order valence-corrected chi connectivity index (χ1v) is 4.18. The van der Waals surface area contributed by atoms with E-state index in [1.807, 2.05) is 6.92 Å². The zero-order valence-electron chi connectivity index (χ0n) is 8.33. The van der Waals surface area contributed by atoms with Crippen molar-refractivity contribution in [1.82, 2.24) is 0 Å². The number of hydrogen-bond donors (Lipinski definition) is 1. The molecule has 0 atom stereocenters. The standard InChI is InChI=1S/C9H16N2O2/c1-4-5-11-6-8(10)7(2)9(12)13-3/h6H,4-5,10H2,1-3H3/b8-7-,11-6-. The lowest BCUT2D eigenvalue weighted by Gasteiger charge is -2.00. The van der Waals surface area contributed by atoms with Crippen molar-refractivity contribution in [2.75, 3.05) is 13.7 Å². The Balaban J connectivity index is 4.34. The fourth-order valence-electron chi connectivity index (χ4n) is 0.660. The first kappa shape index (κ1) is 11.7. The van der Waals surface area contributed by atoms with Gasteiger partial charge >= 0.3 is 5.97 Å². The average molecular weight is 184 g/mol. The molecular formula is C9H16N2O2. The van der Waals surface area contributed by atoms with Gasteiger partial charge in [-0.1, -0.05) is 6.92 Å². The molecule has 0 bridgehead atoms. The molecule has 0 rings (SSSR count). The molecular weight excluding hydrogens is 168 g/mol.